The molecule has 5 heterocycles. The van der Waals surface area contributed by atoms with Gasteiger partial charge >= 0.3 is 0 Å². The van der Waals surface area contributed by atoms with Gasteiger partial charge in [-0.15, -0.1) is 0 Å². The van der Waals surface area contributed by atoms with Crippen LogP contribution in [0.25, 0.3) is 22.2 Å². The smallest absolute Gasteiger partial charge is 0.166 e. The highest BCUT2D eigenvalue weighted by Crippen LogP contribution is 2.37. The Morgan fingerprint density at radius 2 is 1.97 bits per heavy atom. The molecule has 4 aromatic rings. The molecular formula is C27H30ClN7O2S. The molecule has 1 N–H and O–H groups in total. The van der Waals surface area contributed by atoms with Crippen molar-refractivity contribution in [3.8, 4) is 11.4 Å². The van der Waals surface area contributed by atoms with Crippen molar-refractivity contribution < 1.29 is 9.29 Å². The third-order valence-corrected chi connectivity index (χ3v) is 8.36. The molecular weight excluding hydrogens is 522 g/mol. The highest BCUT2D eigenvalue weighted by Gasteiger charge is 2.31. The normalized spacial score (nSPS) is 17.1. The van der Waals surface area contributed by atoms with Gasteiger partial charge in [0, 0.05) is 48.7 Å². The van der Waals surface area contributed by atoms with E-state index in [-0.39, 0.29) is 6.04 Å². The van der Waals surface area contributed by atoms with E-state index in [4.69, 9.17) is 21.3 Å². The Hall–Kier alpha value is -2.92. The zero-order valence-corrected chi connectivity index (χ0v) is 23.2. The molecule has 198 valence electrons. The van der Waals surface area contributed by atoms with E-state index in [0.29, 0.717) is 53.2 Å². The minimum atomic E-state index is -0.764. The fourth-order valence-corrected chi connectivity index (χ4v) is 6.17. The number of nitrogens with zero attached hydrogens (tertiary/aromatic N) is 6. The highest BCUT2D eigenvalue weighted by atomic mass is 35.5. The van der Waals surface area contributed by atoms with Gasteiger partial charge in [0.1, 0.15) is 17.4 Å². The third kappa shape index (κ3) is 4.93. The SMILES string of the molecule is CC(C)c1ccc(N2CC(C[S+](C)[O-])C2)c2cnc(Nc3ccnc(-c4cn(C5COC5)nc4Cl)n3)cc12. The monoisotopic (exact) mass is 551 g/mol. The van der Waals surface area contributed by atoms with Crippen LogP contribution in [0.5, 0.6) is 0 Å². The van der Waals surface area contributed by atoms with Crippen molar-refractivity contribution in [3.63, 3.8) is 0 Å². The topological polar surface area (TPSA) is 104 Å². The van der Waals surface area contributed by atoms with Crippen LogP contribution < -0.4 is 10.2 Å². The Balaban J connectivity index is 1.27. The number of pyridine rings is 1. The Morgan fingerprint density at radius 1 is 1.16 bits per heavy atom. The van der Waals surface area contributed by atoms with Crippen molar-refractivity contribution in [2.45, 2.75) is 25.8 Å². The molecule has 0 spiro atoms. The highest BCUT2D eigenvalue weighted by molar-refractivity contribution is 7.90. The van der Waals surface area contributed by atoms with Gasteiger partial charge in [0.05, 0.1) is 31.1 Å². The minimum Gasteiger partial charge on any atom is -0.617 e. The molecule has 6 rings (SSSR count). The number of nitrogens with one attached hydrogen (secondary N) is 1. The number of rotatable bonds is 8. The molecule has 0 bridgehead atoms. The zero-order valence-electron chi connectivity index (χ0n) is 21.6. The lowest BCUT2D eigenvalue weighted by Crippen LogP contribution is -2.49. The fraction of sp³-hybridized carbons (Fsp3) is 0.407. The van der Waals surface area contributed by atoms with Crippen LogP contribution in [0.15, 0.2) is 42.9 Å². The Labute approximate surface area is 229 Å². The van der Waals surface area contributed by atoms with E-state index in [1.807, 2.05) is 23.1 Å². The van der Waals surface area contributed by atoms with Crippen LogP contribution >= 0.6 is 11.6 Å². The molecule has 2 saturated heterocycles. The molecule has 2 fully saturated rings. The molecule has 1 atom stereocenters. The Bertz CT molecular complexity index is 1470. The largest absolute Gasteiger partial charge is 0.617 e. The van der Waals surface area contributed by atoms with E-state index < -0.39 is 11.2 Å². The van der Waals surface area contributed by atoms with Gasteiger partial charge < -0.3 is 19.5 Å². The second-order valence-corrected chi connectivity index (χ2v) is 12.2. The summed E-state index contributed by atoms with van der Waals surface area (Å²) in [6.07, 6.45) is 7.29. The summed E-state index contributed by atoms with van der Waals surface area (Å²) < 4.78 is 18.7. The van der Waals surface area contributed by atoms with Gasteiger partial charge in [0.15, 0.2) is 11.0 Å². The Kier molecular flexibility index (Phi) is 6.90. The lowest BCUT2D eigenvalue weighted by Gasteiger charge is -2.41. The number of hydrogen-bond acceptors (Lipinski definition) is 8. The maximum Gasteiger partial charge on any atom is 0.166 e. The maximum atomic E-state index is 11.6. The lowest BCUT2D eigenvalue weighted by molar-refractivity contribution is -0.0286. The molecule has 0 amide bonds. The van der Waals surface area contributed by atoms with E-state index in [2.05, 4.69) is 57.3 Å². The first-order valence-corrected chi connectivity index (χ1v) is 14.9. The van der Waals surface area contributed by atoms with Gasteiger partial charge in [-0.25, -0.2) is 15.0 Å². The molecule has 38 heavy (non-hydrogen) atoms. The van der Waals surface area contributed by atoms with Crippen LogP contribution in [0.1, 0.15) is 31.4 Å². The lowest BCUT2D eigenvalue weighted by atomic mass is 9.93. The summed E-state index contributed by atoms with van der Waals surface area (Å²) in [4.78, 5) is 16.2. The van der Waals surface area contributed by atoms with Crippen LogP contribution in [0.3, 0.4) is 0 Å². The zero-order chi connectivity index (χ0) is 26.4. The first-order valence-electron chi connectivity index (χ1n) is 12.8. The second kappa shape index (κ2) is 10.3. The van der Waals surface area contributed by atoms with Crippen LogP contribution in [-0.2, 0) is 15.9 Å². The number of benzene rings is 1. The molecule has 2 aliphatic rings. The first kappa shape index (κ1) is 25.4. The molecule has 11 heteroatoms. The fourth-order valence-electron chi connectivity index (χ4n) is 5.07. The number of ether oxygens (including phenoxy) is 1. The summed E-state index contributed by atoms with van der Waals surface area (Å²) in [5.74, 6) is 3.42. The molecule has 0 aliphatic carbocycles. The quantitative estimate of drug-likeness (QED) is 0.312. The van der Waals surface area contributed by atoms with Crippen molar-refractivity contribution >= 4 is 50.9 Å². The van der Waals surface area contributed by atoms with Crippen molar-refractivity contribution in [1.29, 1.82) is 0 Å². The van der Waals surface area contributed by atoms with Crippen molar-refractivity contribution in [2.24, 2.45) is 5.92 Å². The van der Waals surface area contributed by atoms with E-state index in [1.54, 1.807) is 12.5 Å². The van der Waals surface area contributed by atoms with Crippen LogP contribution in [-0.4, -0.2) is 67.6 Å². The number of hydrogen-bond donors (Lipinski definition) is 1. The van der Waals surface area contributed by atoms with Crippen LogP contribution in [0.2, 0.25) is 5.15 Å². The summed E-state index contributed by atoms with van der Waals surface area (Å²) in [6.45, 7) is 7.51. The van der Waals surface area contributed by atoms with Crippen molar-refractivity contribution in [1.82, 2.24) is 24.7 Å². The minimum absolute atomic E-state index is 0.196. The standard InChI is InChI=1S/C27H30ClN7O2S/c1-16(2)19-4-5-23(34-10-17(11-34)15-38(3)36)21-9-30-25(8-20(19)21)31-24-6-7-29-27(32-24)22-12-35(33-26(22)28)18-13-37-14-18/h4-9,12,16-18H,10-11,13-15H2,1-3H3,(H,29,30,31,32). The van der Waals surface area contributed by atoms with Gasteiger partial charge in [-0.05, 0) is 35.1 Å². The van der Waals surface area contributed by atoms with Gasteiger partial charge in [0.25, 0.3) is 0 Å². The average Bonchev–Trinajstić information content (AvgIpc) is 3.20. The second-order valence-electron chi connectivity index (χ2n) is 10.3. The van der Waals surface area contributed by atoms with Crippen LogP contribution in [0.4, 0.5) is 17.3 Å². The van der Waals surface area contributed by atoms with Crippen molar-refractivity contribution in [2.75, 3.05) is 48.5 Å². The summed E-state index contributed by atoms with van der Waals surface area (Å²) >= 11 is 5.65. The Morgan fingerprint density at radius 3 is 2.68 bits per heavy atom. The average molecular weight is 552 g/mol. The molecule has 2 aliphatic heterocycles. The van der Waals surface area contributed by atoms with E-state index in [9.17, 15) is 4.55 Å². The van der Waals surface area contributed by atoms with Gasteiger partial charge in [-0.2, -0.15) is 5.10 Å². The summed E-state index contributed by atoms with van der Waals surface area (Å²) in [6, 6.07) is 8.51. The summed E-state index contributed by atoms with van der Waals surface area (Å²) in [5.41, 5.74) is 3.12. The molecule has 0 radical (unpaired) electrons. The number of halogens is 1. The van der Waals surface area contributed by atoms with Crippen molar-refractivity contribution in [3.05, 3.63) is 53.6 Å². The number of fused-ring (bicyclic) bond motifs is 1. The first-order chi connectivity index (χ1) is 18.4. The number of aromatic nitrogens is 5. The molecule has 1 unspecified atom stereocenters. The predicted molar refractivity (Wildman–Crippen MR) is 152 cm³/mol. The van der Waals surface area contributed by atoms with E-state index >= 15 is 0 Å². The maximum absolute atomic E-state index is 11.6. The third-order valence-electron chi connectivity index (χ3n) is 7.14. The number of anilines is 3. The van der Waals surface area contributed by atoms with E-state index in [1.165, 1.54) is 16.6 Å². The summed E-state index contributed by atoms with van der Waals surface area (Å²) in [5, 5.41) is 10.4. The molecule has 3 aromatic heterocycles. The van der Waals surface area contributed by atoms with Gasteiger partial charge in [0.2, 0.25) is 0 Å². The molecule has 1 aromatic carbocycles. The predicted octanol–water partition coefficient (Wildman–Crippen LogP) is 4.79. The van der Waals surface area contributed by atoms with Gasteiger partial charge in [-0.1, -0.05) is 42.7 Å². The molecule has 9 nitrogen and oxygen atoms in total. The molecule has 0 saturated carbocycles. The van der Waals surface area contributed by atoms with Crippen LogP contribution in [0, 0.1) is 5.92 Å². The van der Waals surface area contributed by atoms with E-state index in [0.717, 1.165) is 24.2 Å². The summed E-state index contributed by atoms with van der Waals surface area (Å²) in [7, 11) is 0. The van der Waals surface area contributed by atoms with Gasteiger partial charge in [-0.3, -0.25) is 4.68 Å².